The van der Waals surface area contributed by atoms with E-state index < -0.39 is 29.9 Å². The van der Waals surface area contributed by atoms with Gasteiger partial charge in [-0.1, -0.05) is 162 Å². The maximum absolute atomic E-state index is 14.7. The lowest BCUT2D eigenvalue weighted by atomic mass is 9.55. The molecule has 2 aliphatic carbocycles. The molecular formula is C58H81N3O9. The number of oxime groups is 1. The zero-order valence-electron chi connectivity index (χ0n) is 42.1. The number of hydrogen-bond acceptors (Lipinski definition) is 10. The van der Waals surface area contributed by atoms with E-state index in [4.69, 9.17) is 28.9 Å². The predicted molar refractivity (Wildman–Crippen MR) is 276 cm³/mol. The first-order valence-electron chi connectivity index (χ1n) is 26.5. The summed E-state index contributed by atoms with van der Waals surface area (Å²) in [6.07, 6.45) is 20.2. The average molecular weight is 964 g/mol. The highest BCUT2D eigenvalue weighted by Gasteiger charge is 2.65. The number of ether oxygens (including phenoxy) is 4. The van der Waals surface area contributed by atoms with Crippen LogP contribution in [0.4, 0.5) is 9.59 Å². The van der Waals surface area contributed by atoms with Gasteiger partial charge >= 0.3 is 12.2 Å². The maximum atomic E-state index is 14.7. The molecule has 0 bridgehead atoms. The molecule has 70 heavy (non-hydrogen) atoms. The molecule has 3 aromatic carbocycles. The highest BCUT2D eigenvalue weighted by molar-refractivity contribution is 6.03. The van der Waals surface area contributed by atoms with Crippen molar-refractivity contribution in [3.8, 4) is 11.5 Å². The van der Waals surface area contributed by atoms with Crippen molar-refractivity contribution >= 4 is 17.9 Å². The summed E-state index contributed by atoms with van der Waals surface area (Å²) >= 11 is 0. The molecule has 3 N–H and O–H groups in total. The van der Waals surface area contributed by atoms with E-state index in [0.29, 0.717) is 56.2 Å². The first-order chi connectivity index (χ1) is 34.4. The number of rotatable bonds is 31. The SMILES string of the molecule is C=CCOC12Oc3ccc(OC(=O)NCc4ccccc4)cc3C3C(CCCCO)C(CCCCO)C=C(C(=NOCc4ccccc4)CC1N(CCC)C(=O)OCCCCCCCCCCCC)C32. The number of aliphatic hydroxyl groups is 2. The number of nitrogens with zero attached hydrogens (tertiary/aromatic N) is 2. The molecule has 2 amide bonds. The lowest BCUT2D eigenvalue weighted by Crippen LogP contribution is -2.70. The molecule has 0 spiro atoms. The molecule has 3 aliphatic rings. The zero-order valence-corrected chi connectivity index (χ0v) is 42.1. The fourth-order valence-corrected chi connectivity index (χ4v) is 10.8. The van der Waals surface area contributed by atoms with Gasteiger partial charge in [-0.05, 0) is 85.3 Å². The van der Waals surface area contributed by atoms with Crippen LogP contribution in [-0.4, -0.2) is 77.8 Å². The van der Waals surface area contributed by atoms with Gasteiger partial charge < -0.3 is 39.3 Å². The van der Waals surface area contributed by atoms with Crippen LogP contribution in [0.5, 0.6) is 11.5 Å². The number of carbonyl (C=O) groups is 2. The first kappa shape index (κ1) is 54.2. The fraction of sp³-hybridized carbons (Fsp3) is 0.569. The van der Waals surface area contributed by atoms with Crippen molar-refractivity contribution in [1.82, 2.24) is 10.2 Å². The molecule has 12 nitrogen and oxygen atoms in total. The number of carbonyl (C=O) groups excluding carboxylic acids is 2. The van der Waals surface area contributed by atoms with Gasteiger partial charge in [0.25, 0.3) is 0 Å². The summed E-state index contributed by atoms with van der Waals surface area (Å²) < 4.78 is 26.7. The fourth-order valence-electron chi connectivity index (χ4n) is 10.8. The number of allylic oxidation sites excluding steroid dienone is 1. The van der Waals surface area contributed by atoms with Gasteiger partial charge in [0.1, 0.15) is 24.1 Å². The van der Waals surface area contributed by atoms with Crippen molar-refractivity contribution in [1.29, 1.82) is 0 Å². The zero-order chi connectivity index (χ0) is 49.4. The van der Waals surface area contributed by atoms with Crippen molar-refractivity contribution in [3.05, 3.63) is 120 Å². The highest BCUT2D eigenvalue weighted by Crippen LogP contribution is 2.62. The number of amides is 2. The van der Waals surface area contributed by atoms with Crippen LogP contribution >= 0.6 is 0 Å². The number of aliphatic hydroxyl groups excluding tert-OH is 2. The van der Waals surface area contributed by atoms with Crippen LogP contribution in [0.15, 0.2) is 108 Å². The van der Waals surface area contributed by atoms with E-state index in [1.54, 1.807) is 17.0 Å². The molecule has 3 aromatic rings. The Morgan fingerprint density at radius 3 is 2.17 bits per heavy atom. The van der Waals surface area contributed by atoms with Crippen molar-refractivity contribution in [2.75, 3.05) is 33.0 Å². The van der Waals surface area contributed by atoms with Gasteiger partial charge in [-0.15, -0.1) is 6.58 Å². The van der Waals surface area contributed by atoms with E-state index in [2.05, 4.69) is 31.8 Å². The van der Waals surface area contributed by atoms with Gasteiger partial charge in [-0.3, -0.25) is 4.90 Å². The summed E-state index contributed by atoms with van der Waals surface area (Å²) in [7, 11) is 0. The van der Waals surface area contributed by atoms with Gasteiger partial charge in [-0.2, -0.15) is 0 Å². The van der Waals surface area contributed by atoms with Gasteiger partial charge in [0.2, 0.25) is 5.79 Å². The largest absolute Gasteiger partial charge is 0.459 e. The Labute approximate surface area is 417 Å². The molecular weight excluding hydrogens is 883 g/mol. The first-order valence-corrected chi connectivity index (χ1v) is 26.5. The minimum Gasteiger partial charge on any atom is -0.459 e. The Morgan fingerprint density at radius 1 is 0.829 bits per heavy atom. The van der Waals surface area contributed by atoms with Gasteiger partial charge in [-0.25, -0.2) is 9.59 Å². The van der Waals surface area contributed by atoms with Crippen LogP contribution < -0.4 is 14.8 Å². The second-order valence-electron chi connectivity index (χ2n) is 19.3. The topological polar surface area (TPSA) is 148 Å². The molecule has 6 unspecified atom stereocenters. The van der Waals surface area contributed by atoms with Crippen molar-refractivity contribution < 1.29 is 43.6 Å². The van der Waals surface area contributed by atoms with Crippen LogP contribution in [0.3, 0.4) is 0 Å². The number of benzene rings is 3. The van der Waals surface area contributed by atoms with Crippen LogP contribution in [0.25, 0.3) is 0 Å². The lowest BCUT2D eigenvalue weighted by Gasteiger charge is -2.59. The summed E-state index contributed by atoms with van der Waals surface area (Å²) in [6.45, 7) is 9.94. The summed E-state index contributed by atoms with van der Waals surface area (Å²) in [5, 5.41) is 27.9. The van der Waals surface area contributed by atoms with E-state index in [1.165, 1.54) is 44.9 Å². The molecule has 1 fully saturated rings. The Balaban J connectivity index is 1.40. The number of nitrogens with one attached hydrogen (secondary N) is 1. The average Bonchev–Trinajstić information content (AvgIpc) is 3.38. The normalized spacial score (nSPS) is 21.7. The Morgan fingerprint density at radius 2 is 1.50 bits per heavy atom. The molecule has 0 saturated heterocycles. The maximum Gasteiger partial charge on any atom is 0.412 e. The molecule has 6 rings (SSSR count). The van der Waals surface area contributed by atoms with E-state index in [9.17, 15) is 19.8 Å². The molecule has 1 heterocycles. The van der Waals surface area contributed by atoms with Gasteiger partial charge in [0.15, 0.2) is 0 Å². The summed E-state index contributed by atoms with van der Waals surface area (Å²) in [4.78, 5) is 36.1. The molecule has 0 radical (unpaired) electrons. The second kappa shape index (κ2) is 29.2. The quantitative estimate of drug-likeness (QED) is 0.0325. The molecule has 6 atom stereocenters. The molecule has 1 aliphatic heterocycles. The minimum atomic E-state index is -1.43. The van der Waals surface area contributed by atoms with Crippen molar-refractivity contribution in [2.45, 2.75) is 160 Å². The van der Waals surface area contributed by atoms with Crippen molar-refractivity contribution in [2.24, 2.45) is 22.9 Å². The minimum absolute atomic E-state index is 0.00339. The molecule has 0 aromatic heterocycles. The third kappa shape index (κ3) is 14.9. The summed E-state index contributed by atoms with van der Waals surface area (Å²) in [6, 6.07) is 24.4. The molecule has 1 saturated carbocycles. The van der Waals surface area contributed by atoms with Gasteiger partial charge in [0.05, 0.1) is 24.8 Å². The second-order valence-corrected chi connectivity index (χ2v) is 19.3. The third-order valence-electron chi connectivity index (χ3n) is 14.2. The standard InChI is InChI=1S/C58H81N3O9/c1-4-7-8-9-10-11-12-13-14-25-38-66-57(65)61(34-5-2)53-41-51(60-68-43-45-28-19-16-20-29-45)49-39-46(30-21-23-35-62)48(31-22-24-36-63)54-50-40-47(69-56(64)59-42-44-26-17-15-18-27-44)32-33-52(50)70-58(53,55(49)54)67-37-6-3/h6,15-20,26-29,32-33,39-40,46,48,53-55,62-63H,3-5,7-14,21-25,30-31,34-38,41-43H2,1-2H3,(H,59,64). The van der Waals surface area contributed by atoms with E-state index in [-0.39, 0.29) is 50.6 Å². The number of hydrogen-bond donors (Lipinski definition) is 3. The van der Waals surface area contributed by atoms with Crippen molar-refractivity contribution in [3.63, 3.8) is 0 Å². The molecule has 382 valence electrons. The van der Waals surface area contributed by atoms with E-state index in [0.717, 1.165) is 67.2 Å². The Hall–Kier alpha value is -5.17. The van der Waals surface area contributed by atoms with Gasteiger partial charge in [0, 0.05) is 44.2 Å². The highest BCUT2D eigenvalue weighted by atomic mass is 16.7. The van der Waals surface area contributed by atoms with Crippen LogP contribution in [0.1, 0.15) is 152 Å². The van der Waals surface area contributed by atoms with Crippen LogP contribution in [-0.2, 0) is 27.5 Å². The smallest absolute Gasteiger partial charge is 0.412 e. The molecule has 12 heteroatoms. The summed E-state index contributed by atoms with van der Waals surface area (Å²) in [5.74, 6) is -1.24. The lowest BCUT2D eigenvalue weighted by molar-refractivity contribution is -0.255. The number of unbranched alkanes of at least 4 members (excludes halogenated alkanes) is 11. The predicted octanol–water partition coefficient (Wildman–Crippen LogP) is 12.6. The van der Waals surface area contributed by atoms with E-state index >= 15 is 0 Å². The third-order valence-corrected chi connectivity index (χ3v) is 14.2. The van der Waals surface area contributed by atoms with Crippen LogP contribution in [0.2, 0.25) is 0 Å². The summed E-state index contributed by atoms with van der Waals surface area (Å²) in [5.41, 5.74) is 4.42. The van der Waals surface area contributed by atoms with Crippen LogP contribution in [0, 0.1) is 17.8 Å². The van der Waals surface area contributed by atoms with E-state index in [1.807, 2.05) is 72.8 Å². The Kier molecular flexibility index (Phi) is 22.6. The monoisotopic (exact) mass is 964 g/mol. The number of fused-ring (bicyclic) bond motifs is 2. The Bertz CT molecular complexity index is 2100.